The maximum absolute atomic E-state index is 12.0. The smallest absolute Gasteiger partial charge is 0.131 e. The lowest BCUT2D eigenvalue weighted by molar-refractivity contribution is -0.241. The molecular weight excluding hydrogens is 424 g/mol. The first-order valence-corrected chi connectivity index (χ1v) is 14.2. The summed E-state index contributed by atoms with van der Waals surface area (Å²) in [6.07, 6.45) is 12.3. The van der Waals surface area contributed by atoms with Crippen LogP contribution >= 0.6 is 0 Å². The number of fused-ring (bicyclic) bond motifs is 3. The molecule has 0 bridgehead atoms. The molecule has 3 unspecified atom stereocenters. The molecule has 2 aliphatic heterocycles. The van der Waals surface area contributed by atoms with Gasteiger partial charge in [0.15, 0.2) is 0 Å². The summed E-state index contributed by atoms with van der Waals surface area (Å²) in [6.45, 7) is 13.9. The van der Waals surface area contributed by atoms with Gasteiger partial charge in [-0.25, -0.2) is 0 Å². The second-order valence-electron chi connectivity index (χ2n) is 15.3. The Labute approximate surface area is 205 Å². The first-order valence-electron chi connectivity index (χ1n) is 14.2. The van der Waals surface area contributed by atoms with E-state index in [9.17, 15) is 10.2 Å². The highest BCUT2D eigenvalue weighted by Gasteiger charge is 2.85. The van der Waals surface area contributed by atoms with Crippen molar-refractivity contribution >= 4 is 0 Å². The molecule has 4 heteroatoms. The quantitative estimate of drug-likeness (QED) is 0.515. The summed E-state index contributed by atoms with van der Waals surface area (Å²) in [5, 5.41) is 22.9. The lowest BCUT2D eigenvalue weighted by atomic mass is 9.37. The molecule has 0 aromatic heterocycles. The van der Waals surface area contributed by atoms with E-state index < -0.39 is 0 Å². The lowest BCUT2D eigenvalue weighted by Crippen LogP contribution is -2.66. The molecule has 7 aliphatic rings. The first kappa shape index (κ1) is 22.6. The molecule has 11 atom stereocenters. The maximum Gasteiger partial charge on any atom is 0.131 e. The second kappa shape index (κ2) is 6.27. The highest BCUT2D eigenvalue weighted by atomic mass is 16.6. The molecule has 5 aliphatic carbocycles. The third-order valence-corrected chi connectivity index (χ3v) is 13.7. The molecule has 34 heavy (non-hydrogen) atoms. The largest absolute Gasteiger partial charge is 0.495 e. The van der Waals surface area contributed by atoms with Gasteiger partial charge in [0.05, 0.1) is 24.1 Å². The fourth-order valence-electron chi connectivity index (χ4n) is 11.9. The lowest BCUT2D eigenvalue weighted by Gasteiger charge is -2.68. The maximum atomic E-state index is 12.0. The third kappa shape index (κ3) is 2.34. The molecule has 190 valence electrons. The van der Waals surface area contributed by atoms with Gasteiger partial charge in [0, 0.05) is 11.8 Å². The van der Waals surface area contributed by atoms with Crippen LogP contribution in [-0.2, 0) is 9.47 Å². The summed E-state index contributed by atoms with van der Waals surface area (Å²) >= 11 is 0. The highest BCUT2D eigenvalue weighted by Crippen LogP contribution is 2.90. The molecule has 0 aromatic carbocycles. The molecule has 0 amide bonds. The molecular formula is C30H46O4. The van der Waals surface area contributed by atoms with Gasteiger partial charge >= 0.3 is 0 Å². The molecule has 6 fully saturated rings. The van der Waals surface area contributed by atoms with Gasteiger partial charge in [-0.15, -0.1) is 0 Å². The van der Waals surface area contributed by atoms with Crippen LogP contribution < -0.4 is 0 Å². The van der Waals surface area contributed by atoms with Crippen molar-refractivity contribution < 1.29 is 19.7 Å². The van der Waals surface area contributed by atoms with Crippen LogP contribution in [0.4, 0.5) is 0 Å². The van der Waals surface area contributed by atoms with E-state index in [1.807, 2.05) is 0 Å². The second-order valence-corrected chi connectivity index (χ2v) is 15.3. The molecule has 4 nitrogen and oxygen atoms in total. The van der Waals surface area contributed by atoms with Crippen LogP contribution in [0.2, 0.25) is 0 Å². The Morgan fingerprint density at radius 3 is 2.32 bits per heavy atom. The first-order chi connectivity index (χ1) is 15.8. The molecule has 2 heterocycles. The third-order valence-electron chi connectivity index (χ3n) is 13.7. The van der Waals surface area contributed by atoms with Crippen molar-refractivity contribution in [2.45, 2.75) is 129 Å². The molecule has 0 spiro atoms. The van der Waals surface area contributed by atoms with E-state index in [2.05, 4.69) is 47.8 Å². The Bertz CT molecular complexity index is 953. The molecule has 0 radical (unpaired) electrons. The minimum Gasteiger partial charge on any atom is -0.495 e. The van der Waals surface area contributed by atoms with E-state index in [0.717, 1.165) is 25.7 Å². The average Bonchev–Trinajstić information content (AvgIpc) is 3.46. The van der Waals surface area contributed by atoms with E-state index in [0.29, 0.717) is 23.2 Å². The standard InChI is InChI=1S/C30H46O4/c1-25(2)21-14-23(32)28(6)20(27(21,5)10-9-22(25)31)8-11-29-16-30(28,29)12-7-18(29)17-13-19(33-15-17)24-26(3,4)34-24/h15,18-24,31-32H,7-14,16H2,1-6H3/t18?,19-,20-,21+,22-,23-,24+,27-,28+,29?,30?/m1/s1. The Morgan fingerprint density at radius 1 is 0.882 bits per heavy atom. The summed E-state index contributed by atoms with van der Waals surface area (Å²) in [5.41, 5.74) is 2.25. The topological polar surface area (TPSA) is 62.2 Å². The minimum absolute atomic E-state index is 0.00929. The van der Waals surface area contributed by atoms with Crippen molar-refractivity contribution in [1.82, 2.24) is 0 Å². The Hall–Kier alpha value is -0.580. The van der Waals surface area contributed by atoms with Crippen LogP contribution in [0.25, 0.3) is 0 Å². The number of hydrogen-bond acceptors (Lipinski definition) is 4. The Kier molecular flexibility index (Phi) is 4.17. The van der Waals surface area contributed by atoms with E-state index in [1.165, 1.54) is 37.7 Å². The predicted molar refractivity (Wildman–Crippen MR) is 131 cm³/mol. The molecule has 1 saturated heterocycles. The summed E-state index contributed by atoms with van der Waals surface area (Å²) in [4.78, 5) is 0. The average molecular weight is 471 g/mol. The van der Waals surface area contributed by atoms with Gasteiger partial charge in [0.25, 0.3) is 0 Å². The van der Waals surface area contributed by atoms with Crippen molar-refractivity contribution in [2.75, 3.05) is 0 Å². The summed E-state index contributed by atoms with van der Waals surface area (Å²) in [5.74, 6) is 1.57. The van der Waals surface area contributed by atoms with E-state index in [4.69, 9.17) is 9.47 Å². The zero-order chi connectivity index (χ0) is 24.1. The van der Waals surface area contributed by atoms with Gasteiger partial charge in [-0.2, -0.15) is 0 Å². The van der Waals surface area contributed by atoms with Crippen molar-refractivity contribution in [3.05, 3.63) is 11.8 Å². The summed E-state index contributed by atoms with van der Waals surface area (Å²) in [6, 6.07) is 0. The van der Waals surface area contributed by atoms with Gasteiger partial charge in [0.2, 0.25) is 0 Å². The summed E-state index contributed by atoms with van der Waals surface area (Å²) < 4.78 is 12.1. The van der Waals surface area contributed by atoms with Gasteiger partial charge in [-0.05, 0) is 110 Å². The SMILES string of the molecule is CC1(C)O[C@H]1[C@H]1CC(C2CCC34CC23CC[C@@H]2[C@@]3(C)CC[C@@H](O)C(C)(C)[C@@H]3C[C@@H](O)[C@]24C)=CO1. The fourth-order valence-corrected chi connectivity index (χ4v) is 11.9. The van der Waals surface area contributed by atoms with Gasteiger partial charge < -0.3 is 19.7 Å². The van der Waals surface area contributed by atoms with E-state index in [-0.39, 0.29) is 51.7 Å². The van der Waals surface area contributed by atoms with Crippen molar-refractivity contribution in [2.24, 2.45) is 44.8 Å². The monoisotopic (exact) mass is 470 g/mol. The van der Waals surface area contributed by atoms with Crippen molar-refractivity contribution in [3.63, 3.8) is 0 Å². The number of ether oxygens (including phenoxy) is 2. The number of epoxide rings is 1. The molecule has 7 rings (SSSR count). The van der Waals surface area contributed by atoms with Crippen molar-refractivity contribution in [3.8, 4) is 0 Å². The van der Waals surface area contributed by atoms with Crippen molar-refractivity contribution in [1.29, 1.82) is 0 Å². The number of rotatable bonds is 2. The zero-order valence-electron chi connectivity index (χ0n) is 22.2. The van der Waals surface area contributed by atoms with Crippen LogP contribution in [0.1, 0.15) is 99.3 Å². The number of aliphatic hydroxyl groups is 2. The molecule has 2 N–H and O–H groups in total. The van der Waals surface area contributed by atoms with Gasteiger partial charge in [0.1, 0.15) is 12.2 Å². The number of aliphatic hydroxyl groups excluding tert-OH is 2. The van der Waals surface area contributed by atoms with Crippen LogP contribution in [0.15, 0.2) is 11.8 Å². The van der Waals surface area contributed by atoms with Gasteiger partial charge in [-0.3, -0.25) is 0 Å². The predicted octanol–water partition coefficient (Wildman–Crippen LogP) is 5.61. The van der Waals surface area contributed by atoms with Crippen LogP contribution in [0.5, 0.6) is 0 Å². The normalized spacial score (nSPS) is 60.2. The zero-order valence-corrected chi connectivity index (χ0v) is 22.2. The summed E-state index contributed by atoms with van der Waals surface area (Å²) in [7, 11) is 0. The Morgan fingerprint density at radius 2 is 1.62 bits per heavy atom. The fraction of sp³-hybridized carbons (Fsp3) is 0.933. The number of hydrogen-bond donors (Lipinski definition) is 2. The van der Waals surface area contributed by atoms with Gasteiger partial charge in [-0.1, -0.05) is 27.7 Å². The Balaban J connectivity index is 1.19. The van der Waals surface area contributed by atoms with E-state index in [1.54, 1.807) is 0 Å². The molecule has 5 saturated carbocycles. The minimum atomic E-state index is -0.261. The van der Waals surface area contributed by atoms with Crippen LogP contribution in [-0.4, -0.2) is 40.2 Å². The van der Waals surface area contributed by atoms with Crippen LogP contribution in [0, 0.1) is 44.8 Å². The van der Waals surface area contributed by atoms with E-state index >= 15 is 0 Å². The molecule has 0 aromatic rings. The highest BCUT2D eigenvalue weighted by molar-refractivity contribution is 5.37. The van der Waals surface area contributed by atoms with Crippen LogP contribution in [0.3, 0.4) is 0 Å².